The van der Waals surface area contributed by atoms with Gasteiger partial charge < -0.3 is 14.6 Å². The van der Waals surface area contributed by atoms with E-state index in [0.29, 0.717) is 40.5 Å². The van der Waals surface area contributed by atoms with Crippen LogP contribution in [0.3, 0.4) is 0 Å². The topological polar surface area (TPSA) is 106 Å². The number of aryl methyl sites for hydroxylation is 1. The number of thiazole rings is 1. The Balaban J connectivity index is 1.66. The number of benzene rings is 2. The van der Waals surface area contributed by atoms with Gasteiger partial charge in [-0.15, -0.1) is 0 Å². The number of carbonyl (C=O) groups is 3. The second kappa shape index (κ2) is 10.6. The van der Waals surface area contributed by atoms with Crippen molar-refractivity contribution in [1.82, 2.24) is 4.98 Å². The van der Waals surface area contributed by atoms with Crippen LogP contribution in [-0.4, -0.2) is 40.3 Å². The van der Waals surface area contributed by atoms with Crippen LogP contribution in [0.5, 0.6) is 11.5 Å². The number of unbranched alkanes of at least 4 members (excludes halogenated alkanes) is 1. The second-order valence-electron chi connectivity index (χ2n) is 9.87. The van der Waals surface area contributed by atoms with Gasteiger partial charge in [0, 0.05) is 18.9 Å². The number of ether oxygens (including phenoxy) is 2. The molecule has 0 unspecified atom stereocenters. The van der Waals surface area contributed by atoms with Crippen LogP contribution in [-0.2, 0) is 16.0 Å². The first kappa shape index (κ1) is 26.6. The molecule has 8 nitrogen and oxygen atoms in total. The Morgan fingerprint density at radius 1 is 1.23 bits per heavy atom. The lowest BCUT2D eigenvalue weighted by molar-refractivity contribution is -0.132. The maximum Gasteiger partial charge on any atom is 0.301 e. The van der Waals surface area contributed by atoms with Crippen molar-refractivity contribution in [1.29, 1.82) is 0 Å². The number of rotatable bonds is 8. The first-order chi connectivity index (χ1) is 18.7. The van der Waals surface area contributed by atoms with Gasteiger partial charge in [0.25, 0.3) is 5.78 Å². The van der Waals surface area contributed by atoms with Crippen molar-refractivity contribution in [2.24, 2.45) is 0 Å². The zero-order valence-corrected chi connectivity index (χ0v) is 23.1. The number of aliphatic hydroxyl groups excluding tert-OH is 1. The summed E-state index contributed by atoms with van der Waals surface area (Å²) < 4.78 is 11.7. The van der Waals surface area contributed by atoms with Crippen LogP contribution < -0.4 is 14.4 Å². The summed E-state index contributed by atoms with van der Waals surface area (Å²) in [4.78, 5) is 45.4. The number of hydrogen-bond acceptors (Lipinski definition) is 8. The number of carbonyl (C=O) groups excluding carboxylic acids is 3. The molecule has 0 saturated carbocycles. The number of ketones is 2. The Hall–Kier alpha value is -3.98. The van der Waals surface area contributed by atoms with Gasteiger partial charge in [-0.25, -0.2) is 4.98 Å². The highest BCUT2D eigenvalue weighted by molar-refractivity contribution is 7.18. The van der Waals surface area contributed by atoms with Crippen molar-refractivity contribution in [2.45, 2.75) is 59.1 Å². The van der Waals surface area contributed by atoms with Crippen molar-refractivity contribution in [3.05, 3.63) is 75.3 Å². The molecule has 9 heteroatoms. The van der Waals surface area contributed by atoms with Crippen LogP contribution in [0.1, 0.15) is 71.7 Å². The molecular weight excluding hydrogens is 516 g/mol. The molecule has 1 N–H and O–H groups in total. The van der Waals surface area contributed by atoms with Gasteiger partial charge in [-0.05, 0) is 61.7 Å². The zero-order chi connectivity index (χ0) is 27.8. The standard InChI is InChI=1S/C30H30N2O6S/c1-5-6-12-37-22-9-7-8-19(15-22)25-24(26(34)20-10-11-23-21(14-20)13-16(2)38-23)27(35)29(36)32(25)30-31-17(3)28(39-30)18(4)33/h7-11,14-16,25,34H,5-6,12-13H2,1-4H3/b26-24+/t16-,25-/m0/s1. The summed E-state index contributed by atoms with van der Waals surface area (Å²) in [7, 11) is 0. The van der Waals surface area contributed by atoms with Crippen molar-refractivity contribution < 1.29 is 29.0 Å². The summed E-state index contributed by atoms with van der Waals surface area (Å²) in [5, 5.41) is 11.7. The van der Waals surface area contributed by atoms with E-state index in [0.717, 1.165) is 35.5 Å². The summed E-state index contributed by atoms with van der Waals surface area (Å²) >= 11 is 1.06. The second-order valence-corrected chi connectivity index (χ2v) is 10.8. The number of fused-ring (bicyclic) bond motifs is 1. The Kier molecular flexibility index (Phi) is 7.27. The van der Waals surface area contributed by atoms with Crippen LogP contribution >= 0.6 is 11.3 Å². The quantitative estimate of drug-likeness (QED) is 0.125. The fourth-order valence-corrected chi connectivity index (χ4v) is 5.98. The number of hydrogen-bond donors (Lipinski definition) is 1. The maximum absolute atomic E-state index is 13.5. The van der Waals surface area contributed by atoms with Gasteiger partial charge in [-0.1, -0.05) is 36.8 Å². The summed E-state index contributed by atoms with van der Waals surface area (Å²) in [6.07, 6.45) is 2.56. The van der Waals surface area contributed by atoms with Crippen molar-refractivity contribution >= 4 is 39.7 Å². The number of aromatic nitrogens is 1. The van der Waals surface area contributed by atoms with Gasteiger partial charge in [-0.3, -0.25) is 19.3 Å². The molecule has 0 radical (unpaired) electrons. The molecule has 2 atom stereocenters. The highest BCUT2D eigenvalue weighted by Gasteiger charge is 2.48. The molecule has 2 aliphatic rings. The summed E-state index contributed by atoms with van der Waals surface area (Å²) in [5.41, 5.74) is 2.36. The first-order valence-electron chi connectivity index (χ1n) is 13.0. The average Bonchev–Trinajstić information content (AvgIpc) is 3.56. The molecule has 2 aromatic carbocycles. The number of Topliss-reactive ketones (excluding diaryl/α,β-unsaturated/α-hetero) is 2. The summed E-state index contributed by atoms with van der Waals surface area (Å²) in [6.45, 7) is 7.70. The van der Waals surface area contributed by atoms with Crippen LogP contribution in [0.15, 0.2) is 48.0 Å². The highest BCUT2D eigenvalue weighted by atomic mass is 32.1. The Labute approximate surface area is 230 Å². The molecule has 1 aromatic heterocycles. The van der Waals surface area contributed by atoms with Crippen LogP contribution in [0.2, 0.25) is 0 Å². The van der Waals surface area contributed by atoms with Gasteiger partial charge in [0.2, 0.25) is 0 Å². The normalized spacial score (nSPS) is 19.7. The minimum atomic E-state index is -0.964. The summed E-state index contributed by atoms with van der Waals surface area (Å²) in [6, 6.07) is 11.4. The minimum Gasteiger partial charge on any atom is -0.507 e. The minimum absolute atomic E-state index is 0.0158. The van der Waals surface area contributed by atoms with Crippen LogP contribution in [0, 0.1) is 6.92 Å². The van der Waals surface area contributed by atoms with E-state index in [1.807, 2.05) is 13.0 Å². The highest BCUT2D eigenvalue weighted by Crippen LogP contribution is 2.45. The monoisotopic (exact) mass is 546 g/mol. The smallest absolute Gasteiger partial charge is 0.301 e. The van der Waals surface area contributed by atoms with Crippen molar-refractivity contribution in [3.8, 4) is 11.5 Å². The van der Waals surface area contributed by atoms with E-state index in [9.17, 15) is 19.5 Å². The lowest BCUT2D eigenvalue weighted by Crippen LogP contribution is -2.29. The van der Waals surface area contributed by atoms with E-state index in [2.05, 4.69) is 11.9 Å². The van der Waals surface area contributed by atoms with E-state index in [-0.39, 0.29) is 28.4 Å². The SMILES string of the molecule is CCCCOc1cccc([C@H]2/C(=C(\O)c3ccc4c(c3)C[C@H](C)O4)C(=O)C(=O)N2c2nc(C)c(C(C)=O)s2)c1. The molecule has 0 spiro atoms. The Morgan fingerprint density at radius 3 is 2.74 bits per heavy atom. The van der Waals surface area contributed by atoms with Gasteiger partial charge in [0.15, 0.2) is 10.9 Å². The molecule has 5 rings (SSSR count). The summed E-state index contributed by atoms with van der Waals surface area (Å²) in [5.74, 6) is -0.762. The van der Waals surface area contributed by atoms with E-state index in [1.165, 1.54) is 11.8 Å². The average molecular weight is 547 g/mol. The van der Waals surface area contributed by atoms with Crippen molar-refractivity contribution in [3.63, 3.8) is 0 Å². The Bertz CT molecular complexity index is 1510. The first-order valence-corrected chi connectivity index (χ1v) is 13.8. The van der Waals surface area contributed by atoms with Crippen LogP contribution in [0.4, 0.5) is 5.13 Å². The lowest BCUT2D eigenvalue weighted by Gasteiger charge is -2.23. The molecule has 1 fully saturated rings. The largest absolute Gasteiger partial charge is 0.507 e. The van der Waals surface area contributed by atoms with Gasteiger partial charge >= 0.3 is 5.91 Å². The van der Waals surface area contributed by atoms with Crippen LogP contribution in [0.25, 0.3) is 5.76 Å². The van der Waals surface area contributed by atoms with E-state index in [1.54, 1.807) is 43.3 Å². The third-order valence-corrected chi connectivity index (χ3v) is 8.12. The van der Waals surface area contributed by atoms with E-state index in [4.69, 9.17) is 9.47 Å². The molecule has 2 aliphatic heterocycles. The molecule has 3 heterocycles. The number of aliphatic hydroxyl groups is 1. The van der Waals surface area contributed by atoms with E-state index < -0.39 is 17.7 Å². The van der Waals surface area contributed by atoms with Gasteiger partial charge in [0.05, 0.1) is 28.8 Å². The molecular formula is C30H30N2O6S. The molecule has 0 aliphatic carbocycles. The maximum atomic E-state index is 13.5. The van der Waals surface area contributed by atoms with Crippen molar-refractivity contribution in [2.75, 3.05) is 11.5 Å². The third-order valence-electron chi connectivity index (χ3n) is 6.87. The zero-order valence-electron chi connectivity index (χ0n) is 22.3. The predicted octanol–water partition coefficient (Wildman–Crippen LogP) is 5.78. The molecule has 39 heavy (non-hydrogen) atoms. The molecule has 3 aromatic rings. The molecule has 1 amide bonds. The molecule has 0 bridgehead atoms. The molecule has 1 saturated heterocycles. The fourth-order valence-electron chi connectivity index (χ4n) is 4.99. The number of amides is 1. The number of anilines is 1. The number of nitrogens with zero attached hydrogens (tertiary/aromatic N) is 2. The predicted molar refractivity (Wildman–Crippen MR) is 149 cm³/mol. The van der Waals surface area contributed by atoms with Gasteiger partial charge in [-0.2, -0.15) is 0 Å². The fraction of sp³-hybridized carbons (Fsp3) is 0.333. The third kappa shape index (κ3) is 4.94. The Morgan fingerprint density at radius 2 is 2.03 bits per heavy atom. The van der Waals surface area contributed by atoms with E-state index >= 15 is 0 Å². The van der Waals surface area contributed by atoms with Gasteiger partial charge in [0.1, 0.15) is 23.4 Å². The molecule has 202 valence electrons. The lowest BCUT2D eigenvalue weighted by atomic mass is 9.94.